The number of nitrogens with zero attached hydrogens (tertiary/aromatic N) is 2. The Morgan fingerprint density at radius 3 is 2.65 bits per heavy atom. The molecule has 0 unspecified atom stereocenters. The summed E-state index contributed by atoms with van der Waals surface area (Å²) in [5.74, 6) is 1.39. The molecule has 0 bridgehead atoms. The molecule has 2 heterocycles. The number of thioether (sulfide) groups is 2. The molecule has 1 aromatic carbocycles. The number of aryl methyl sites for hydroxylation is 1. The number of aromatic nitrogens is 3. The van der Waals surface area contributed by atoms with Gasteiger partial charge in [-0.05, 0) is 43.2 Å². The molecule has 0 aliphatic heterocycles. The van der Waals surface area contributed by atoms with Gasteiger partial charge >= 0.3 is 6.18 Å². The van der Waals surface area contributed by atoms with Gasteiger partial charge in [0.15, 0.2) is 5.16 Å². The number of imidazole rings is 1. The maximum absolute atomic E-state index is 12.0. The molecule has 0 saturated carbocycles. The van der Waals surface area contributed by atoms with Gasteiger partial charge in [0.1, 0.15) is 6.61 Å². The zero-order chi connectivity index (χ0) is 22.3. The Balaban J connectivity index is 1.43. The molecule has 0 spiro atoms. The van der Waals surface area contributed by atoms with Crippen LogP contribution in [0.3, 0.4) is 0 Å². The zero-order valence-corrected chi connectivity index (χ0v) is 18.9. The Morgan fingerprint density at radius 1 is 1.03 bits per heavy atom. The van der Waals surface area contributed by atoms with Gasteiger partial charge in [0, 0.05) is 22.6 Å². The molecule has 0 saturated heterocycles. The fourth-order valence-corrected chi connectivity index (χ4v) is 4.61. The molecule has 0 radical (unpaired) electrons. The lowest BCUT2D eigenvalue weighted by molar-refractivity contribution is -0.176. The first-order valence-electron chi connectivity index (χ1n) is 9.70. The smallest absolute Gasteiger partial charge is 0.378 e. The molecule has 168 valence electrons. The van der Waals surface area contributed by atoms with Gasteiger partial charge in [-0.2, -0.15) is 13.2 Å². The van der Waals surface area contributed by atoms with Gasteiger partial charge in [0.25, 0.3) is 0 Å². The standard InChI is InChI=1S/C21H24F3N3O2S2/c1-14-3-4-16-17(11-14)27-20(26-16)31-12-18-15(2)19(5-6-25-18)30-10-9-28-7-8-29-13-21(22,23)24/h3-6,11H,7-10,12-13H2,1-2H3,(H,26,27). The fraction of sp³-hybridized carbons (Fsp3) is 0.429. The molecule has 0 aliphatic rings. The lowest BCUT2D eigenvalue weighted by atomic mass is 10.2. The van der Waals surface area contributed by atoms with E-state index in [0.717, 1.165) is 32.3 Å². The molecule has 3 rings (SSSR count). The van der Waals surface area contributed by atoms with Crippen LogP contribution in [0.5, 0.6) is 0 Å². The number of halogens is 3. The van der Waals surface area contributed by atoms with Gasteiger partial charge in [-0.15, -0.1) is 11.8 Å². The van der Waals surface area contributed by atoms with Crippen LogP contribution in [-0.4, -0.2) is 53.3 Å². The molecule has 2 aromatic heterocycles. The summed E-state index contributed by atoms with van der Waals surface area (Å²) in [5.41, 5.74) is 5.27. The van der Waals surface area contributed by atoms with Gasteiger partial charge in [-0.1, -0.05) is 17.8 Å². The normalized spacial score (nSPS) is 12.0. The van der Waals surface area contributed by atoms with E-state index >= 15 is 0 Å². The van der Waals surface area contributed by atoms with Crippen molar-refractivity contribution >= 4 is 34.6 Å². The van der Waals surface area contributed by atoms with E-state index in [9.17, 15) is 13.2 Å². The summed E-state index contributed by atoms with van der Waals surface area (Å²) in [6.07, 6.45) is -2.51. The van der Waals surface area contributed by atoms with Crippen molar-refractivity contribution in [2.75, 3.05) is 32.2 Å². The van der Waals surface area contributed by atoms with Crippen LogP contribution in [0.1, 0.15) is 16.8 Å². The van der Waals surface area contributed by atoms with Gasteiger partial charge in [0.2, 0.25) is 0 Å². The molecular weight excluding hydrogens is 447 g/mol. The van der Waals surface area contributed by atoms with Crippen LogP contribution >= 0.6 is 23.5 Å². The second-order valence-corrected chi connectivity index (χ2v) is 8.96. The molecule has 1 N–H and O–H groups in total. The molecular formula is C21H24F3N3O2S2. The van der Waals surface area contributed by atoms with Crippen molar-refractivity contribution in [1.29, 1.82) is 0 Å². The van der Waals surface area contributed by atoms with E-state index in [1.165, 1.54) is 5.56 Å². The van der Waals surface area contributed by atoms with E-state index in [2.05, 4.69) is 32.7 Å². The van der Waals surface area contributed by atoms with Crippen molar-refractivity contribution < 1.29 is 22.6 Å². The maximum atomic E-state index is 12.0. The lowest BCUT2D eigenvalue weighted by Crippen LogP contribution is -2.19. The minimum absolute atomic E-state index is 0.0683. The largest absolute Gasteiger partial charge is 0.411 e. The summed E-state index contributed by atoms with van der Waals surface area (Å²) < 4.78 is 45.8. The van der Waals surface area contributed by atoms with Gasteiger partial charge < -0.3 is 14.5 Å². The minimum atomic E-state index is -4.30. The highest BCUT2D eigenvalue weighted by Gasteiger charge is 2.27. The van der Waals surface area contributed by atoms with Crippen molar-refractivity contribution in [3.05, 3.63) is 47.3 Å². The number of ether oxygens (including phenoxy) is 2. The monoisotopic (exact) mass is 471 g/mol. The summed E-state index contributed by atoms with van der Waals surface area (Å²) in [4.78, 5) is 13.6. The molecule has 0 aliphatic carbocycles. The average Bonchev–Trinajstić information content (AvgIpc) is 3.11. The van der Waals surface area contributed by atoms with Crippen LogP contribution < -0.4 is 0 Å². The fourth-order valence-electron chi connectivity index (χ4n) is 2.78. The molecule has 0 fully saturated rings. The number of fused-ring (bicyclic) bond motifs is 1. The third-order valence-electron chi connectivity index (χ3n) is 4.34. The second kappa shape index (κ2) is 11.2. The van der Waals surface area contributed by atoms with E-state index in [0.29, 0.717) is 18.1 Å². The molecule has 0 amide bonds. The predicted molar refractivity (Wildman–Crippen MR) is 118 cm³/mol. The van der Waals surface area contributed by atoms with Crippen molar-refractivity contribution in [2.45, 2.75) is 35.8 Å². The lowest BCUT2D eigenvalue weighted by Gasteiger charge is -2.10. The summed E-state index contributed by atoms with van der Waals surface area (Å²) >= 11 is 3.25. The quantitative estimate of drug-likeness (QED) is 0.292. The van der Waals surface area contributed by atoms with Gasteiger partial charge in [0.05, 0.1) is 36.5 Å². The van der Waals surface area contributed by atoms with Gasteiger partial charge in [-0.3, -0.25) is 4.98 Å². The highest BCUT2D eigenvalue weighted by atomic mass is 32.2. The molecule has 10 heteroatoms. The number of nitrogens with one attached hydrogen (secondary N) is 1. The zero-order valence-electron chi connectivity index (χ0n) is 17.3. The Morgan fingerprint density at radius 2 is 1.84 bits per heavy atom. The Hall–Kier alpha value is -1.75. The van der Waals surface area contributed by atoms with Crippen LogP contribution in [0.2, 0.25) is 0 Å². The maximum Gasteiger partial charge on any atom is 0.411 e. The molecule has 5 nitrogen and oxygen atoms in total. The van der Waals surface area contributed by atoms with E-state index in [1.54, 1.807) is 29.7 Å². The van der Waals surface area contributed by atoms with Crippen LogP contribution in [0.4, 0.5) is 13.2 Å². The van der Waals surface area contributed by atoms with Crippen LogP contribution in [-0.2, 0) is 15.2 Å². The first-order chi connectivity index (χ1) is 14.8. The predicted octanol–water partition coefficient (Wildman–Crippen LogP) is 5.55. The Labute approximate surface area is 187 Å². The Kier molecular flexibility index (Phi) is 8.65. The van der Waals surface area contributed by atoms with Crippen molar-refractivity contribution in [3.8, 4) is 0 Å². The van der Waals surface area contributed by atoms with Crippen molar-refractivity contribution in [1.82, 2.24) is 15.0 Å². The molecule has 3 aromatic rings. The molecule has 0 atom stereocenters. The summed E-state index contributed by atoms with van der Waals surface area (Å²) in [6, 6.07) is 8.10. The molecule has 31 heavy (non-hydrogen) atoms. The van der Waals surface area contributed by atoms with Crippen molar-refractivity contribution in [2.24, 2.45) is 0 Å². The number of pyridine rings is 1. The van der Waals surface area contributed by atoms with E-state index in [1.807, 2.05) is 25.1 Å². The van der Waals surface area contributed by atoms with Crippen LogP contribution in [0.15, 0.2) is 40.5 Å². The third-order valence-corrected chi connectivity index (χ3v) is 6.35. The van der Waals surface area contributed by atoms with E-state index in [-0.39, 0.29) is 13.2 Å². The topological polar surface area (TPSA) is 60.0 Å². The SMILES string of the molecule is Cc1ccc2nc(SCc3nccc(SCCOCCOCC(F)(F)F)c3C)[nH]c2c1. The highest BCUT2D eigenvalue weighted by molar-refractivity contribution is 7.99. The number of aromatic amines is 1. The van der Waals surface area contributed by atoms with Crippen molar-refractivity contribution in [3.63, 3.8) is 0 Å². The van der Waals surface area contributed by atoms with Gasteiger partial charge in [-0.25, -0.2) is 4.98 Å². The number of rotatable bonds is 11. The van der Waals surface area contributed by atoms with Crippen LogP contribution in [0.25, 0.3) is 11.0 Å². The first kappa shape index (κ1) is 23.9. The summed E-state index contributed by atoms with van der Waals surface area (Å²) in [5, 5.41) is 0.862. The van der Waals surface area contributed by atoms with Crippen LogP contribution in [0, 0.1) is 13.8 Å². The highest BCUT2D eigenvalue weighted by Crippen LogP contribution is 2.28. The average molecular weight is 472 g/mol. The summed E-state index contributed by atoms with van der Waals surface area (Å²) in [6.45, 7) is 3.36. The van der Waals surface area contributed by atoms with E-state index in [4.69, 9.17) is 4.74 Å². The third kappa shape index (κ3) is 7.71. The number of benzene rings is 1. The second-order valence-electron chi connectivity index (χ2n) is 6.86. The van der Waals surface area contributed by atoms with E-state index < -0.39 is 12.8 Å². The number of hydrogen-bond donors (Lipinski definition) is 1. The summed E-state index contributed by atoms with van der Waals surface area (Å²) in [7, 11) is 0. The first-order valence-corrected chi connectivity index (χ1v) is 11.7. The number of hydrogen-bond acceptors (Lipinski definition) is 6. The number of H-pyrrole nitrogens is 1. The Bertz CT molecular complexity index is 996. The number of alkyl halides is 3. The minimum Gasteiger partial charge on any atom is -0.378 e.